The van der Waals surface area contributed by atoms with Crippen molar-refractivity contribution in [2.75, 3.05) is 32.7 Å². The fraction of sp³-hybridized carbons (Fsp3) is 0.583. The molecule has 2 heterocycles. The van der Waals surface area contributed by atoms with Gasteiger partial charge in [0.25, 0.3) is 0 Å². The molecule has 0 amide bonds. The van der Waals surface area contributed by atoms with Gasteiger partial charge in [-0.2, -0.15) is 0 Å². The molecule has 0 bridgehead atoms. The third-order valence-corrected chi connectivity index (χ3v) is 3.51. The fourth-order valence-electron chi connectivity index (χ4n) is 2.06. The second-order valence-electron chi connectivity index (χ2n) is 4.22. The summed E-state index contributed by atoms with van der Waals surface area (Å²) in [4.78, 5) is 9.19. The smallest absolute Gasteiger partial charge is 0.0410 e. The quantitative estimate of drug-likeness (QED) is 0.786. The zero-order valence-electron chi connectivity index (χ0n) is 10.9. The number of rotatable bonds is 3. The summed E-state index contributed by atoms with van der Waals surface area (Å²) in [5, 5.41) is 0. The van der Waals surface area contributed by atoms with E-state index >= 15 is 0 Å². The molecule has 0 aliphatic carbocycles. The number of hydrogen-bond acceptors (Lipinski definition) is 3. The minimum atomic E-state index is 0. The number of pyridine rings is 1. The molecule has 1 saturated heterocycles. The Morgan fingerprint density at radius 2 is 1.63 bits per heavy atom. The van der Waals surface area contributed by atoms with E-state index in [9.17, 15) is 0 Å². The van der Waals surface area contributed by atoms with Gasteiger partial charge in [0.15, 0.2) is 0 Å². The molecule has 1 fully saturated rings. The van der Waals surface area contributed by atoms with Crippen LogP contribution < -0.4 is 0 Å². The lowest BCUT2D eigenvalue weighted by atomic mass is 10.2. The normalized spacial score (nSPS) is 15.9. The van der Waals surface area contributed by atoms with Gasteiger partial charge in [0, 0.05) is 49.6 Å². The van der Waals surface area contributed by atoms with Crippen LogP contribution in [0.4, 0.5) is 0 Å². The Bertz CT molecular complexity index is 347. The van der Waals surface area contributed by atoms with Gasteiger partial charge in [0.05, 0.1) is 0 Å². The first-order valence-electron chi connectivity index (χ1n) is 5.82. The van der Waals surface area contributed by atoms with Crippen molar-refractivity contribution < 1.29 is 0 Å². The van der Waals surface area contributed by atoms with Crippen molar-refractivity contribution in [2.24, 2.45) is 0 Å². The molecule has 112 valence electrons. The molecule has 1 aliphatic rings. The summed E-state index contributed by atoms with van der Waals surface area (Å²) in [6, 6.07) is 2.15. The van der Waals surface area contributed by atoms with Crippen molar-refractivity contribution >= 4 is 53.2 Å². The van der Waals surface area contributed by atoms with Crippen LogP contribution in [0.1, 0.15) is 12.5 Å². The van der Waals surface area contributed by atoms with Gasteiger partial charge in [-0.25, -0.2) is 0 Å². The maximum absolute atomic E-state index is 4.20. The zero-order chi connectivity index (χ0) is 11.4. The molecule has 0 atom stereocenters. The molecule has 0 N–H and O–H groups in total. The largest absolute Gasteiger partial charge is 0.301 e. The lowest BCUT2D eigenvalue weighted by Gasteiger charge is -2.33. The van der Waals surface area contributed by atoms with E-state index in [-0.39, 0.29) is 37.2 Å². The first kappa shape index (κ1) is 21.7. The van der Waals surface area contributed by atoms with Crippen LogP contribution >= 0.6 is 53.2 Å². The highest BCUT2D eigenvalue weighted by Crippen LogP contribution is 2.12. The summed E-state index contributed by atoms with van der Waals surface area (Å²) in [5.74, 6) is 0. The Balaban J connectivity index is 0. The topological polar surface area (TPSA) is 19.4 Å². The van der Waals surface area contributed by atoms with Crippen LogP contribution in [0.25, 0.3) is 0 Å². The molecule has 1 aromatic rings. The highest BCUT2D eigenvalue weighted by Gasteiger charge is 2.15. The Morgan fingerprint density at radius 1 is 1.05 bits per heavy atom. The number of hydrogen-bond donors (Lipinski definition) is 0. The minimum absolute atomic E-state index is 0. The molecule has 0 radical (unpaired) electrons. The van der Waals surface area contributed by atoms with Gasteiger partial charge in [0.2, 0.25) is 0 Å². The van der Waals surface area contributed by atoms with Crippen molar-refractivity contribution in [3.8, 4) is 0 Å². The van der Waals surface area contributed by atoms with Crippen molar-refractivity contribution in [1.29, 1.82) is 0 Å². The zero-order valence-corrected chi connectivity index (χ0v) is 15.0. The highest BCUT2D eigenvalue weighted by molar-refractivity contribution is 9.10. The number of nitrogens with zero attached hydrogens (tertiary/aromatic N) is 3. The van der Waals surface area contributed by atoms with E-state index in [0.717, 1.165) is 11.0 Å². The van der Waals surface area contributed by atoms with Gasteiger partial charge < -0.3 is 4.90 Å². The Morgan fingerprint density at radius 3 is 2.16 bits per heavy atom. The van der Waals surface area contributed by atoms with Crippen molar-refractivity contribution in [1.82, 2.24) is 14.8 Å². The average molecular weight is 394 g/mol. The number of halogens is 4. The maximum atomic E-state index is 4.20. The predicted octanol–water partition coefficient (Wildman–Crippen LogP) is 3.25. The third-order valence-electron chi connectivity index (χ3n) is 3.08. The standard InChI is InChI=1S/C12H18BrN3.3ClH/c1-2-15-3-5-16(6-4-15)10-11-7-12(13)9-14-8-11;;;/h7-9H,2-6,10H2,1H3;3*1H. The molecule has 1 aromatic heterocycles. The number of likely N-dealkylation sites (N-methyl/N-ethyl adjacent to an activating group) is 1. The van der Waals surface area contributed by atoms with E-state index in [2.05, 4.69) is 43.7 Å². The van der Waals surface area contributed by atoms with E-state index in [0.29, 0.717) is 0 Å². The van der Waals surface area contributed by atoms with Crippen LogP contribution in [-0.2, 0) is 6.54 Å². The van der Waals surface area contributed by atoms with Crippen LogP contribution in [0.3, 0.4) is 0 Å². The summed E-state index contributed by atoms with van der Waals surface area (Å²) in [5.41, 5.74) is 1.29. The first-order valence-corrected chi connectivity index (χ1v) is 6.61. The SMILES string of the molecule is CCN1CCN(Cc2cncc(Br)c2)CC1.Cl.Cl.Cl. The molecule has 2 rings (SSSR count). The van der Waals surface area contributed by atoms with Crippen LogP contribution in [0.2, 0.25) is 0 Å². The van der Waals surface area contributed by atoms with E-state index in [1.54, 1.807) is 0 Å². The lowest BCUT2D eigenvalue weighted by Crippen LogP contribution is -2.45. The van der Waals surface area contributed by atoms with Gasteiger partial charge in [-0.1, -0.05) is 6.92 Å². The molecule has 0 aromatic carbocycles. The molecule has 19 heavy (non-hydrogen) atoms. The van der Waals surface area contributed by atoms with E-state index < -0.39 is 0 Å². The van der Waals surface area contributed by atoms with E-state index in [1.165, 1.54) is 38.3 Å². The van der Waals surface area contributed by atoms with Crippen LogP contribution in [0, 0.1) is 0 Å². The predicted molar refractivity (Wildman–Crippen MR) is 91.1 cm³/mol. The Kier molecular flexibility index (Phi) is 12.7. The second-order valence-corrected chi connectivity index (χ2v) is 5.14. The molecule has 0 spiro atoms. The molecule has 1 aliphatic heterocycles. The van der Waals surface area contributed by atoms with Crippen molar-refractivity contribution in [2.45, 2.75) is 13.5 Å². The van der Waals surface area contributed by atoms with Crippen LogP contribution in [-0.4, -0.2) is 47.5 Å². The van der Waals surface area contributed by atoms with Gasteiger partial charge in [-0.3, -0.25) is 9.88 Å². The molecular formula is C12H21BrCl3N3. The van der Waals surface area contributed by atoms with Crippen molar-refractivity contribution in [3.05, 3.63) is 28.5 Å². The molecule has 0 saturated carbocycles. The molecule has 0 unspecified atom stereocenters. The Hall–Kier alpha value is 0.420. The molecule has 3 nitrogen and oxygen atoms in total. The third kappa shape index (κ3) is 7.11. The van der Waals surface area contributed by atoms with E-state index in [1.807, 2.05) is 12.4 Å². The first-order chi connectivity index (χ1) is 7.78. The van der Waals surface area contributed by atoms with Gasteiger partial charge in [-0.05, 0) is 34.1 Å². The monoisotopic (exact) mass is 391 g/mol. The number of aromatic nitrogens is 1. The Labute approximate surface area is 142 Å². The average Bonchev–Trinajstić information content (AvgIpc) is 2.30. The van der Waals surface area contributed by atoms with Crippen molar-refractivity contribution in [3.63, 3.8) is 0 Å². The fourth-order valence-corrected chi connectivity index (χ4v) is 2.48. The van der Waals surface area contributed by atoms with E-state index in [4.69, 9.17) is 0 Å². The second kappa shape index (κ2) is 11.1. The molecule has 7 heteroatoms. The number of piperazine rings is 1. The maximum Gasteiger partial charge on any atom is 0.0410 e. The summed E-state index contributed by atoms with van der Waals surface area (Å²) in [7, 11) is 0. The highest BCUT2D eigenvalue weighted by atomic mass is 79.9. The molecular weight excluding hydrogens is 372 g/mol. The summed E-state index contributed by atoms with van der Waals surface area (Å²) >= 11 is 3.46. The van der Waals surface area contributed by atoms with Crippen LogP contribution in [0.5, 0.6) is 0 Å². The summed E-state index contributed by atoms with van der Waals surface area (Å²) in [6.07, 6.45) is 3.79. The van der Waals surface area contributed by atoms with Crippen LogP contribution in [0.15, 0.2) is 22.9 Å². The van der Waals surface area contributed by atoms with Gasteiger partial charge in [0.1, 0.15) is 0 Å². The van der Waals surface area contributed by atoms with Gasteiger partial charge in [-0.15, -0.1) is 37.2 Å². The summed E-state index contributed by atoms with van der Waals surface area (Å²) in [6.45, 7) is 9.14. The van der Waals surface area contributed by atoms with Gasteiger partial charge >= 0.3 is 0 Å². The minimum Gasteiger partial charge on any atom is -0.301 e. The summed E-state index contributed by atoms with van der Waals surface area (Å²) < 4.78 is 1.07. The lowest BCUT2D eigenvalue weighted by molar-refractivity contribution is 0.132.